The summed E-state index contributed by atoms with van der Waals surface area (Å²) in [4.78, 5) is 28.6. The number of amides is 2. The third-order valence-electron chi connectivity index (χ3n) is 5.87. The maximum atomic E-state index is 14.4. The molecule has 0 aliphatic carbocycles. The van der Waals surface area contributed by atoms with Crippen LogP contribution in [0.5, 0.6) is 0 Å². The van der Waals surface area contributed by atoms with Crippen LogP contribution in [0.3, 0.4) is 0 Å². The minimum absolute atomic E-state index is 0.0467. The van der Waals surface area contributed by atoms with E-state index >= 15 is 0 Å². The molecule has 2 atom stereocenters. The van der Waals surface area contributed by atoms with Crippen molar-refractivity contribution in [2.24, 2.45) is 0 Å². The lowest BCUT2D eigenvalue weighted by molar-refractivity contribution is -0.141. The van der Waals surface area contributed by atoms with Gasteiger partial charge in [0.15, 0.2) is 0 Å². The minimum atomic E-state index is -0.785. The van der Waals surface area contributed by atoms with Crippen molar-refractivity contribution < 1.29 is 14.0 Å². The Morgan fingerprint density at radius 3 is 2.21 bits per heavy atom. The van der Waals surface area contributed by atoms with Crippen LogP contribution in [-0.2, 0) is 29.0 Å². The highest BCUT2D eigenvalue weighted by atomic mass is 35.5. The van der Waals surface area contributed by atoms with Crippen LogP contribution in [-0.4, -0.2) is 28.8 Å². The Balaban J connectivity index is 2.00. The molecule has 0 fully saturated rings. The van der Waals surface area contributed by atoms with Gasteiger partial charge in [-0.05, 0) is 42.2 Å². The number of nitrogens with zero attached hydrogens (tertiary/aromatic N) is 1. The maximum absolute atomic E-state index is 14.4. The van der Waals surface area contributed by atoms with Gasteiger partial charge in [-0.15, -0.1) is 0 Å². The van der Waals surface area contributed by atoms with E-state index in [0.717, 1.165) is 17.5 Å². The van der Waals surface area contributed by atoms with Gasteiger partial charge in [0.25, 0.3) is 0 Å². The van der Waals surface area contributed by atoms with E-state index in [1.54, 1.807) is 24.3 Å². The van der Waals surface area contributed by atoms with E-state index in [1.807, 2.05) is 62.4 Å². The van der Waals surface area contributed by atoms with Gasteiger partial charge in [0.2, 0.25) is 11.8 Å². The van der Waals surface area contributed by atoms with Gasteiger partial charge in [-0.3, -0.25) is 9.59 Å². The quantitative estimate of drug-likeness (QED) is 0.412. The van der Waals surface area contributed by atoms with Gasteiger partial charge in [0.1, 0.15) is 11.9 Å². The van der Waals surface area contributed by atoms with Crippen LogP contribution in [0.2, 0.25) is 5.02 Å². The molecular weight excluding hydrogens is 451 g/mol. The van der Waals surface area contributed by atoms with E-state index in [9.17, 15) is 14.0 Å². The van der Waals surface area contributed by atoms with Crippen LogP contribution in [0.1, 0.15) is 37.0 Å². The normalized spacial score (nSPS) is 12.6. The molecule has 0 saturated heterocycles. The van der Waals surface area contributed by atoms with Crippen molar-refractivity contribution >= 4 is 23.4 Å². The van der Waals surface area contributed by atoms with Crippen LogP contribution in [0.4, 0.5) is 4.39 Å². The van der Waals surface area contributed by atoms with Gasteiger partial charge in [-0.25, -0.2) is 4.39 Å². The first kappa shape index (κ1) is 25.4. The smallest absolute Gasteiger partial charge is 0.243 e. The summed E-state index contributed by atoms with van der Waals surface area (Å²) in [6, 6.07) is 22.2. The number of hydrogen-bond donors (Lipinski definition) is 1. The Kier molecular flexibility index (Phi) is 9.23. The van der Waals surface area contributed by atoms with Crippen molar-refractivity contribution in [2.45, 2.75) is 51.7 Å². The van der Waals surface area contributed by atoms with E-state index in [1.165, 1.54) is 11.0 Å². The molecule has 3 aromatic carbocycles. The summed E-state index contributed by atoms with van der Waals surface area (Å²) in [5, 5.41) is 3.53. The summed E-state index contributed by atoms with van der Waals surface area (Å²) >= 11 is 6.41. The summed E-state index contributed by atoms with van der Waals surface area (Å²) in [6.07, 6.45) is 0.938. The highest BCUT2D eigenvalue weighted by Crippen LogP contribution is 2.22. The molecule has 0 aromatic heterocycles. The molecular formula is C28H30ClFN2O2. The lowest BCUT2D eigenvalue weighted by Crippen LogP contribution is -2.52. The van der Waals surface area contributed by atoms with Gasteiger partial charge in [-0.1, -0.05) is 85.3 Å². The highest BCUT2D eigenvalue weighted by Gasteiger charge is 2.31. The molecule has 178 valence electrons. The number of carbonyl (C=O) groups is 2. The zero-order chi connectivity index (χ0) is 24.5. The molecule has 1 N–H and O–H groups in total. The monoisotopic (exact) mass is 480 g/mol. The standard InChI is InChI=1S/C28H30ClFN2O2/c1-3-20(2)31-28(34)26(17-21-11-5-4-6-12-21)32(19-23-14-7-9-15-24(23)29)27(33)18-22-13-8-10-16-25(22)30/h4-16,20,26H,3,17-19H2,1-2H3,(H,31,34)/t20-,26-/m1/s1. The van der Waals surface area contributed by atoms with Crippen LogP contribution < -0.4 is 5.32 Å². The Morgan fingerprint density at radius 2 is 1.56 bits per heavy atom. The predicted molar refractivity (Wildman–Crippen MR) is 134 cm³/mol. The fraction of sp³-hybridized carbons (Fsp3) is 0.286. The molecule has 3 aromatic rings. The minimum Gasteiger partial charge on any atom is -0.352 e. The lowest BCUT2D eigenvalue weighted by Gasteiger charge is -2.32. The van der Waals surface area contributed by atoms with Gasteiger partial charge in [-0.2, -0.15) is 0 Å². The zero-order valence-electron chi connectivity index (χ0n) is 19.5. The van der Waals surface area contributed by atoms with Crippen LogP contribution in [0.15, 0.2) is 78.9 Å². The predicted octanol–water partition coefficient (Wildman–Crippen LogP) is 5.58. The summed E-state index contributed by atoms with van der Waals surface area (Å²) in [7, 11) is 0. The third-order valence-corrected chi connectivity index (χ3v) is 6.24. The molecule has 0 aliphatic rings. The molecule has 0 unspecified atom stereocenters. The van der Waals surface area contributed by atoms with Gasteiger partial charge < -0.3 is 10.2 Å². The second kappa shape index (κ2) is 12.3. The molecule has 34 heavy (non-hydrogen) atoms. The number of carbonyl (C=O) groups excluding carboxylic acids is 2. The molecule has 0 bridgehead atoms. The van der Waals surface area contributed by atoms with E-state index < -0.39 is 11.9 Å². The van der Waals surface area contributed by atoms with Crippen molar-refractivity contribution in [3.63, 3.8) is 0 Å². The van der Waals surface area contributed by atoms with E-state index in [4.69, 9.17) is 11.6 Å². The largest absolute Gasteiger partial charge is 0.352 e. The van der Waals surface area contributed by atoms with Crippen molar-refractivity contribution in [3.8, 4) is 0 Å². The molecule has 0 radical (unpaired) electrons. The molecule has 6 heteroatoms. The maximum Gasteiger partial charge on any atom is 0.243 e. The topological polar surface area (TPSA) is 49.4 Å². The van der Waals surface area contributed by atoms with Gasteiger partial charge >= 0.3 is 0 Å². The Hall–Kier alpha value is -3.18. The van der Waals surface area contributed by atoms with Crippen molar-refractivity contribution in [1.82, 2.24) is 10.2 Å². The second-order valence-electron chi connectivity index (χ2n) is 8.40. The molecule has 0 spiro atoms. The first-order valence-electron chi connectivity index (χ1n) is 11.5. The number of halogens is 2. The molecule has 4 nitrogen and oxygen atoms in total. The summed E-state index contributed by atoms with van der Waals surface area (Å²) < 4.78 is 14.4. The van der Waals surface area contributed by atoms with Crippen LogP contribution >= 0.6 is 11.6 Å². The van der Waals surface area contributed by atoms with Crippen LogP contribution in [0, 0.1) is 5.82 Å². The van der Waals surface area contributed by atoms with Crippen LogP contribution in [0.25, 0.3) is 0 Å². The first-order chi connectivity index (χ1) is 16.4. The first-order valence-corrected chi connectivity index (χ1v) is 11.9. The van der Waals surface area contributed by atoms with E-state index in [0.29, 0.717) is 11.4 Å². The average molecular weight is 481 g/mol. The lowest BCUT2D eigenvalue weighted by atomic mass is 10.0. The Labute approximate surface area is 205 Å². The summed E-state index contributed by atoms with van der Waals surface area (Å²) in [6.45, 7) is 4.05. The molecule has 3 rings (SSSR count). The zero-order valence-corrected chi connectivity index (χ0v) is 20.3. The van der Waals surface area contributed by atoms with E-state index in [-0.39, 0.29) is 36.4 Å². The van der Waals surface area contributed by atoms with E-state index in [2.05, 4.69) is 5.32 Å². The van der Waals surface area contributed by atoms with Crippen molar-refractivity contribution in [3.05, 3.63) is 106 Å². The summed E-state index contributed by atoms with van der Waals surface area (Å²) in [5.74, 6) is -1.03. The van der Waals surface area contributed by atoms with Crippen molar-refractivity contribution in [1.29, 1.82) is 0 Å². The third kappa shape index (κ3) is 6.91. The number of hydrogen-bond acceptors (Lipinski definition) is 2. The van der Waals surface area contributed by atoms with Gasteiger partial charge in [0, 0.05) is 24.0 Å². The molecule has 0 aliphatic heterocycles. The number of nitrogens with one attached hydrogen (secondary N) is 1. The second-order valence-corrected chi connectivity index (χ2v) is 8.81. The van der Waals surface area contributed by atoms with Crippen molar-refractivity contribution in [2.75, 3.05) is 0 Å². The van der Waals surface area contributed by atoms with Gasteiger partial charge in [0.05, 0.1) is 6.42 Å². The fourth-order valence-corrected chi connectivity index (χ4v) is 3.91. The molecule has 0 saturated carbocycles. The highest BCUT2D eigenvalue weighted by molar-refractivity contribution is 6.31. The summed E-state index contributed by atoms with van der Waals surface area (Å²) in [5.41, 5.74) is 1.94. The number of benzene rings is 3. The molecule has 0 heterocycles. The average Bonchev–Trinajstić information content (AvgIpc) is 2.84. The SMILES string of the molecule is CC[C@@H](C)NC(=O)[C@@H](Cc1ccccc1)N(Cc1ccccc1Cl)C(=O)Cc1ccccc1F. The number of rotatable bonds is 10. The Morgan fingerprint density at radius 1 is 0.941 bits per heavy atom. The molecule has 2 amide bonds. The Bertz CT molecular complexity index is 1110. The fourth-order valence-electron chi connectivity index (χ4n) is 3.71.